The molecular weight excluding hydrogens is 240 g/mol. The summed E-state index contributed by atoms with van der Waals surface area (Å²) in [6.45, 7) is 2.93. The summed E-state index contributed by atoms with van der Waals surface area (Å²) in [5.74, 6) is 0. The van der Waals surface area contributed by atoms with Crippen molar-refractivity contribution in [1.82, 2.24) is 10.3 Å². The van der Waals surface area contributed by atoms with Gasteiger partial charge in [0.25, 0.3) is 0 Å². The van der Waals surface area contributed by atoms with E-state index in [0.29, 0.717) is 6.04 Å². The van der Waals surface area contributed by atoms with Gasteiger partial charge in [0.05, 0.1) is 0 Å². The predicted molar refractivity (Wildman–Crippen MR) is 75.8 cm³/mol. The Balaban J connectivity index is 1.66. The van der Waals surface area contributed by atoms with Crippen LogP contribution in [0.15, 0.2) is 29.8 Å². The largest absolute Gasteiger partial charge is 0.306 e. The Hall–Kier alpha value is -1.19. The molecule has 2 aromatic rings. The van der Waals surface area contributed by atoms with Crippen molar-refractivity contribution in [3.8, 4) is 0 Å². The number of aromatic nitrogens is 1. The van der Waals surface area contributed by atoms with Gasteiger partial charge >= 0.3 is 0 Å². The standard InChI is InChI=1S/C15H18N2S/c1-11-5-6-12(9-16-11)10-17-14-3-2-4-15-13(14)7-8-18-15/h5-9,14,17H,2-4,10H2,1H3. The first-order valence-electron chi connectivity index (χ1n) is 6.54. The van der Waals surface area contributed by atoms with E-state index in [2.05, 4.69) is 33.9 Å². The van der Waals surface area contributed by atoms with Crippen molar-refractivity contribution in [1.29, 1.82) is 0 Å². The normalized spacial score (nSPS) is 18.6. The van der Waals surface area contributed by atoms with Gasteiger partial charge in [0.15, 0.2) is 0 Å². The Morgan fingerprint density at radius 3 is 3.17 bits per heavy atom. The molecule has 0 radical (unpaired) electrons. The smallest absolute Gasteiger partial charge is 0.0372 e. The lowest BCUT2D eigenvalue weighted by molar-refractivity contribution is 0.463. The van der Waals surface area contributed by atoms with Crippen molar-refractivity contribution in [2.24, 2.45) is 0 Å². The highest BCUT2D eigenvalue weighted by Gasteiger charge is 2.20. The molecule has 18 heavy (non-hydrogen) atoms. The molecule has 0 bridgehead atoms. The highest BCUT2D eigenvalue weighted by atomic mass is 32.1. The number of hydrogen-bond donors (Lipinski definition) is 1. The second-order valence-electron chi connectivity index (χ2n) is 4.93. The lowest BCUT2D eigenvalue weighted by Crippen LogP contribution is -2.23. The molecule has 0 fully saturated rings. The Kier molecular flexibility index (Phi) is 3.43. The van der Waals surface area contributed by atoms with Crippen molar-refractivity contribution >= 4 is 11.3 Å². The van der Waals surface area contributed by atoms with Gasteiger partial charge < -0.3 is 5.32 Å². The minimum atomic E-state index is 0.529. The molecule has 1 atom stereocenters. The molecule has 0 amide bonds. The van der Waals surface area contributed by atoms with Crippen LogP contribution in [0.3, 0.4) is 0 Å². The van der Waals surface area contributed by atoms with Gasteiger partial charge in [-0.3, -0.25) is 4.98 Å². The Morgan fingerprint density at radius 1 is 1.39 bits per heavy atom. The van der Waals surface area contributed by atoms with Gasteiger partial charge in [0, 0.05) is 29.4 Å². The fraction of sp³-hybridized carbons (Fsp3) is 0.400. The van der Waals surface area contributed by atoms with E-state index in [0.717, 1.165) is 12.2 Å². The Morgan fingerprint density at radius 2 is 2.33 bits per heavy atom. The molecule has 0 aliphatic heterocycles. The fourth-order valence-electron chi connectivity index (χ4n) is 2.54. The van der Waals surface area contributed by atoms with Crippen LogP contribution in [0, 0.1) is 6.92 Å². The summed E-state index contributed by atoms with van der Waals surface area (Å²) in [6.07, 6.45) is 5.79. The van der Waals surface area contributed by atoms with E-state index in [1.807, 2.05) is 24.5 Å². The first kappa shape index (κ1) is 11.9. The molecule has 0 saturated carbocycles. The van der Waals surface area contributed by atoms with E-state index in [1.54, 1.807) is 4.88 Å². The number of aryl methyl sites for hydroxylation is 2. The van der Waals surface area contributed by atoms with E-state index in [-0.39, 0.29) is 0 Å². The molecule has 94 valence electrons. The van der Waals surface area contributed by atoms with Crippen LogP contribution in [-0.4, -0.2) is 4.98 Å². The Bertz CT molecular complexity index is 516. The summed E-state index contributed by atoms with van der Waals surface area (Å²) < 4.78 is 0. The molecule has 0 saturated heterocycles. The van der Waals surface area contributed by atoms with E-state index in [9.17, 15) is 0 Å². The monoisotopic (exact) mass is 258 g/mol. The number of nitrogens with one attached hydrogen (secondary N) is 1. The average molecular weight is 258 g/mol. The summed E-state index contributed by atoms with van der Waals surface area (Å²) in [5.41, 5.74) is 3.87. The number of rotatable bonds is 3. The minimum Gasteiger partial charge on any atom is -0.306 e. The van der Waals surface area contributed by atoms with E-state index >= 15 is 0 Å². The van der Waals surface area contributed by atoms with Crippen LogP contribution < -0.4 is 5.32 Å². The summed E-state index contributed by atoms with van der Waals surface area (Å²) >= 11 is 1.90. The Labute approximate surface area is 112 Å². The molecule has 3 rings (SSSR count). The SMILES string of the molecule is Cc1ccc(CNC2CCCc3sccc32)cn1. The van der Waals surface area contributed by atoms with Gasteiger partial charge in [-0.1, -0.05) is 6.07 Å². The number of hydrogen-bond acceptors (Lipinski definition) is 3. The molecule has 1 unspecified atom stereocenters. The molecule has 0 spiro atoms. The van der Waals surface area contributed by atoms with Crippen molar-refractivity contribution in [3.05, 3.63) is 51.5 Å². The van der Waals surface area contributed by atoms with Gasteiger partial charge in [0.1, 0.15) is 0 Å². The van der Waals surface area contributed by atoms with Crippen LogP contribution in [-0.2, 0) is 13.0 Å². The molecule has 3 heteroatoms. The molecular formula is C15H18N2S. The topological polar surface area (TPSA) is 24.9 Å². The summed E-state index contributed by atoms with van der Waals surface area (Å²) in [4.78, 5) is 5.91. The van der Waals surface area contributed by atoms with E-state index in [4.69, 9.17) is 0 Å². The lowest BCUT2D eigenvalue weighted by Gasteiger charge is -2.23. The molecule has 1 aliphatic rings. The molecule has 2 nitrogen and oxygen atoms in total. The third-order valence-corrected chi connectivity index (χ3v) is 4.57. The molecule has 1 N–H and O–H groups in total. The summed E-state index contributed by atoms with van der Waals surface area (Å²) in [7, 11) is 0. The first-order valence-corrected chi connectivity index (χ1v) is 7.42. The molecule has 0 aromatic carbocycles. The number of fused-ring (bicyclic) bond motifs is 1. The van der Waals surface area contributed by atoms with E-state index in [1.165, 1.54) is 30.4 Å². The second kappa shape index (κ2) is 5.21. The van der Waals surface area contributed by atoms with Crippen LogP contribution in [0.2, 0.25) is 0 Å². The van der Waals surface area contributed by atoms with Gasteiger partial charge in [0.2, 0.25) is 0 Å². The van der Waals surface area contributed by atoms with Crippen LogP contribution in [0.1, 0.15) is 40.6 Å². The number of nitrogens with zero attached hydrogens (tertiary/aromatic N) is 1. The van der Waals surface area contributed by atoms with Crippen molar-refractivity contribution in [3.63, 3.8) is 0 Å². The maximum absolute atomic E-state index is 4.34. The lowest BCUT2D eigenvalue weighted by atomic mass is 9.94. The van der Waals surface area contributed by atoms with Gasteiger partial charge in [-0.05, 0) is 54.8 Å². The number of thiophene rings is 1. The van der Waals surface area contributed by atoms with Crippen LogP contribution in [0.25, 0.3) is 0 Å². The van der Waals surface area contributed by atoms with Crippen molar-refractivity contribution in [2.75, 3.05) is 0 Å². The van der Waals surface area contributed by atoms with Crippen molar-refractivity contribution in [2.45, 2.75) is 38.8 Å². The van der Waals surface area contributed by atoms with Gasteiger partial charge in [-0.15, -0.1) is 11.3 Å². The predicted octanol–water partition coefficient (Wildman–Crippen LogP) is 3.62. The zero-order valence-corrected chi connectivity index (χ0v) is 11.5. The minimum absolute atomic E-state index is 0.529. The summed E-state index contributed by atoms with van der Waals surface area (Å²) in [5, 5.41) is 5.89. The molecule has 1 aliphatic carbocycles. The number of pyridine rings is 1. The fourth-order valence-corrected chi connectivity index (χ4v) is 3.53. The third kappa shape index (κ3) is 2.47. The van der Waals surface area contributed by atoms with Crippen LogP contribution in [0.5, 0.6) is 0 Å². The highest BCUT2D eigenvalue weighted by molar-refractivity contribution is 7.10. The summed E-state index contributed by atoms with van der Waals surface area (Å²) in [6, 6.07) is 7.05. The maximum atomic E-state index is 4.34. The molecule has 2 aromatic heterocycles. The van der Waals surface area contributed by atoms with Gasteiger partial charge in [-0.2, -0.15) is 0 Å². The first-order chi connectivity index (χ1) is 8.83. The highest BCUT2D eigenvalue weighted by Crippen LogP contribution is 2.33. The average Bonchev–Trinajstić information content (AvgIpc) is 2.87. The van der Waals surface area contributed by atoms with Crippen LogP contribution >= 0.6 is 11.3 Å². The third-order valence-electron chi connectivity index (χ3n) is 3.58. The zero-order valence-electron chi connectivity index (χ0n) is 10.6. The second-order valence-corrected chi connectivity index (χ2v) is 5.93. The van der Waals surface area contributed by atoms with E-state index < -0.39 is 0 Å². The van der Waals surface area contributed by atoms with Gasteiger partial charge in [-0.25, -0.2) is 0 Å². The van der Waals surface area contributed by atoms with Crippen LogP contribution in [0.4, 0.5) is 0 Å². The quantitative estimate of drug-likeness (QED) is 0.909. The van der Waals surface area contributed by atoms with Crippen molar-refractivity contribution < 1.29 is 0 Å². The maximum Gasteiger partial charge on any atom is 0.0372 e. The molecule has 2 heterocycles. The zero-order chi connectivity index (χ0) is 12.4.